The van der Waals surface area contributed by atoms with Crippen LogP contribution >= 0.6 is 0 Å². The quantitative estimate of drug-likeness (QED) is 0.0578. The lowest BCUT2D eigenvalue weighted by Crippen LogP contribution is -2.37. The van der Waals surface area contributed by atoms with Gasteiger partial charge < -0.3 is 9.30 Å². The summed E-state index contributed by atoms with van der Waals surface area (Å²) in [6.45, 7) is 5.15. The zero-order valence-electron chi connectivity index (χ0n) is 30.3. The molecule has 0 saturated carbocycles. The zero-order chi connectivity index (χ0) is 33.8. The maximum absolute atomic E-state index is 11.8. The highest BCUT2D eigenvalue weighted by Gasteiger charge is 2.11. The smallest absolute Gasteiger partial charge is 0.332 e. The summed E-state index contributed by atoms with van der Waals surface area (Å²) in [4.78, 5) is 39.0. The summed E-state index contributed by atoms with van der Waals surface area (Å²) in [5, 5.41) is 0. The summed E-state index contributed by atoms with van der Waals surface area (Å²) < 4.78 is 9.43. The lowest BCUT2D eigenvalue weighted by molar-refractivity contribution is -0.143. The van der Waals surface area contributed by atoms with Gasteiger partial charge in [0.1, 0.15) is 0 Å². The van der Waals surface area contributed by atoms with Gasteiger partial charge in [0.15, 0.2) is 11.2 Å². The van der Waals surface area contributed by atoms with E-state index in [1.165, 1.54) is 146 Å². The van der Waals surface area contributed by atoms with Gasteiger partial charge in [0, 0.05) is 27.6 Å². The van der Waals surface area contributed by atoms with E-state index < -0.39 is 0 Å². The molecule has 0 saturated heterocycles. The van der Waals surface area contributed by atoms with Crippen LogP contribution in [0.25, 0.3) is 11.2 Å². The van der Waals surface area contributed by atoms with Gasteiger partial charge in [-0.25, -0.2) is 9.78 Å². The van der Waals surface area contributed by atoms with Crippen molar-refractivity contribution >= 4 is 17.1 Å². The number of aryl methyl sites for hydroxylation is 2. The molecule has 0 fully saturated rings. The second-order valence-corrected chi connectivity index (χ2v) is 13.0. The Labute approximate surface area is 280 Å². The van der Waals surface area contributed by atoms with Crippen molar-refractivity contribution < 1.29 is 9.53 Å². The van der Waals surface area contributed by atoms with Crippen LogP contribution in [0.4, 0.5) is 0 Å². The number of esters is 1. The number of aromatic nitrogens is 4. The van der Waals surface area contributed by atoms with E-state index in [2.05, 4.69) is 31.0 Å². The number of unbranched alkanes of at least 4 members (excludes halogenated alkanes) is 20. The molecule has 8 nitrogen and oxygen atoms in total. The van der Waals surface area contributed by atoms with Gasteiger partial charge in [-0.15, -0.1) is 0 Å². The summed E-state index contributed by atoms with van der Waals surface area (Å²) in [5.74, 6) is 0.0125. The zero-order valence-corrected chi connectivity index (χ0v) is 30.3. The minimum Gasteiger partial charge on any atom is -0.466 e. The number of ether oxygens (including phenoxy) is 1. The summed E-state index contributed by atoms with van der Waals surface area (Å²) in [5.41, 5.74) is 0.180. The van der Waals surface area contributed by atoms with E-state index in [0.717, 1.165) is 23.8 Å². The molecule has 0 spiro atoms. The predicted octanol–water partition coefficient (Wildman–Crippen LogP) is 9.46. The Morgan fingerprint density at radius 1 is 0.652 bits per heavy atom. The van der Waals surface area contributed by atoms with Gasteiger partial charge in [0.25, 0.3) is 5.56 Å². The maximum atomic E-state index is 11.8. The molecule has 0 atom stereocenters. The highest BCUT2D eigenvalue weighted by molar-refractivity contribution is 5.69. The number of fused-ring (bicyclic) bond motifs is 1. The standard InChI is InChI=1S/C30H58O2.C8H10N4O2/c1-3-5-7-9-11-13-15-16-17-19-21-23-25-27-29-32-30(31)28-26-24-22-20-18-14-12-10-8-6-4-2;1-10-4-9-6-5(10)7(13)12(3)8(14)11(6)2/h10,12H,3-9,11,13-29H2,1-2H3;4H,1-3H3. The third-order valence-electron chi connectivity index (χ3n) is 8.72. The number of nitrogens with zero attached hydrogens (tertiary/aromatic N) is 4. The number of hydrogen-bond donors (Lipinski definition) is 0. The Kier molecular flexibility index (Phi) is 24.7. The first-order valence-corrected chi connectivity index (χ1v) is 18.7. The van der Waals surface area contributed by atoms with Gasteiger partial charge in [-0.2, -0.15) is 0 Å². The monoisotopic (exact) mass is 645 g/mol. The molecule has 0 radical (unpaired) electrons. The highest BCUT2D eigenvalue weighted by Crippen LogP contribution is 2.13. The van der Waals surface area contributed by atoms with E-state index in [-0.39, 0.29) is 17.2 Å². The molecule has 2 aromatic rings. The van der Waals surface area contributed by atoms with Gasteiger partial charge in [-0.05, 0) is 32.1 Å². The largest absolute Gasteiger partial charge is 0.466 e. The van der Waals surface area contributed by atoms with Crippen molar-refractivity contribution in [3.8, 4) is 0 Å². The van der Waals surface area contributed by atoms with Crippen LogP contribution in [0, 0.1) is 0 Å². The molecule has 0 aliphatic rings. The average molecular weight is 645 g/mol. The molecule has 0 aliphatic carbocycles. The summed E-state index contributed by atoms with van der Waals surface area (Å²) in [7, 11) is 4.77. The molecule has 46 heavy (non-hydrogen) atoms. The van der Waals surface area contributed by atoms with Crippen LogP contribution in [-0.2, 0) is 30.7 Å². The van der Waals surface area contributed by atoms with Gasteiger partial charge in [0.05, 0.1) is 12.9 Å². The Morgan fingerprint density at radius 3 is 1.70 bits per heavy atom. The third-order valence-corrected chi connectivity index (χ3v) is 8.72. The van der Waals surface area contributed by atoms with E-state index in [1.807, 2.05) is 0 Å². The number of hydrogen-bond acceptors (Lipinski definition) is 5. The molecule has 8 heteroatoms. The highest BCUT2D eigenvalue weighted by atomic mass is 16.5. The molecule has 0 unspecified atom stereocenters. The molecule has 0 amide bonds. The fourth-order valence-corrected chi connectivity index (χ4v) is 5.65. The van der Waals surface area contributed by atoms with Crippen molar-refractivity contribution in [1.29, 1.82) is 0 Å². The van der Waals surface area contributed by atoms with E-state index in [0.29, 0.717) is 24.2 Å². The third kappa shape index (κ3) is 18.5. The molecule has 0 N–H and O–H groups in total. The Morgan fingerprint density at radius 2 is 1.13 bits per heavy atom. The second kappa shape index (κ2) is 27.5. The molecule has 2 rings (SSSR count). The number of carbonyl (C=O) groups excluding carboxylic acids is 1. The van der Waals surface area contributed by atoms with Crippen LogP contribution in [0.2, 0.25) is 0 Å². The van der Waals surface area contributed by atoms with E-state index in [9.17, 15) is 14.4 Å². The normalized spacial score (nSPS) is 11.3. The maximum Gasteiger partial charge on any atom is 0.332 e. The average Bonchev–Trinajstić information content (AvgIpc) is 3.45. The molecule has 0 aromatic carbocycles. The first kappa shape index (κ1) is 41.4. The number of imidazole rings is 1. The second-order valence-electron chi connectivity index (χ2n) is 13.0. The summed E-state index contributed by atoms with van der Waals surface area (Å²) in [6.07, 6.45) is 36.8. The number of rotatable bonds is 26. The summed E-state index contributed by atoms with van der Waals surface area (Å²) >= 11 is 0. The van der Waals surface area contributed by atoms with Crippen molar-refractivity contribution in [3.05, 3.63) is 39.3 Å². The minimum absolute atomic E-state index is 0.0125. The first-order chi connectivity index (χ1) is 22.3. The fourth-order valence-electron chi connectivity index (χ4n) is 5.65. The Bertz CT molecular complexity index is 1190. The van der Waals surface area contributed by atoms with Gasteiger partial charge >= 0.3 is 11.7 Å². The molecule has 0 aliphatic heterocycles. The van der Waals surface area contributed by atoms with Crippen molar-refractivity contribution in [2.75, 3.05) is 6.61 Å². The van der Waals surface area contributed by atoms with Crippen LogP contribution in [0.5, 0.6) is 0 Å². The van der Waals surface area contributed by atoms with Crippen molar-refractivity contribution in [3.63, 3.8) is 0 Å². The molecule has 264 valence electrons. The Hall–Kier alpha value is -2.64. The fraction of sp³-hybridized carbons (Fsp3) is 0.789. The summed E-state index contributed by atoms with van der Waals surface area (Å²) in [6, 6.07) is 0. The van der Waals surface area contributed by atoms with Gasteiger partial charge in [-0.3, -0.25) is 18.7 Å². The molecule has 2 heterocycles. The lowest BCUT2D eigenvalue weighted by atomic mass is 10.0. The van der Waals surface area contributed by atoms with Gasteiger partial charge in [0.2, 0.25) is 0 Å². The minimum atomic E-state index is -0.360. The van der Waals surface area contributed by atoms with E-state index >= 15 is 0 Å². The van der Waals surface area contributed by atoms with Crippen LogP contribution in [-0.4, -0.2) is 31.3 Å². The van der Waals surface area contributed by atoms with E-state index in [1.54, 1.807) is 18.7 Å². The molecule has 2 aromatic heterocycles. The molecular weight excluding hydrogens is 576 g/mol. The van der Waals surface area contributed by atoms with Crippen LogP contribution < -0.4 is 11.2 Å². The van der Waals surface area contributed by atoms with Gasteiger partial charge in [-0.1, -0.05) is 142 Å². The number of carbonyl (C=O) groups is 1. The van der Waals surface area contributed by atoms with Crippen molar-refractivity contribution in [2.24, 2.45) is 21.1 Å². The molecule has 0 bridgehead atoms. The SMILES string of the molecule is CCCCC=CCCCCCCCC(=O)OCCCCCCCCCCCCCCCC.Cn1c(=O)c2c(ncn2C)n(C)c1=O. The molecular formula is C38H68N4O4. The Balaban J connectivity index is 0.000000617. The van der Waals surface area contributed by atoms with Crippen molar-refractivity contribution in [1.82, 2.24) is 18.7 Å². The first-order valence-electron chi connectivity index (χ1n) is 18.7. The van der Waals surface area contributed by atoms with Crippen LogP contribution in [0.15, 0.2) is 28.1 Å². The van der Waals surface area contributed by atoms with Crippen molar-refractivity contribution in [2.45, 2.75) is 168 Å². The number of allylic oxidation sites excluding steroid dienone is 2. The topological polar surface area (TPSA) is 88.1 Å². The van der Waals surface area contributed by atoms with E-state index in [4.69, 9.17) is 4.74 Å². The predicted molar refractivity (Wildman–Crippen MR) is 193 cm³/mol. The lowest BCUT2D eigenvalue weighted by Gasteiger charge is -2.05. The van der Waals surface area contributed by atoms with Crippen LogP contribution in [0.1, 0.15) is 168 Å². The van der Waals surface area contributed by atoms with Crippen LogP contribution in [0.3, 0.4) is 0 Å².